The van der Waals surface area contributed by atoms with Gasteiger partial charge in [0, 0.05) is 17.3 Å². The van der Waals surface area contributed by atoms with Gasteiger partial charge in [0.2, 0.25) is 10.0 Å². The first kappa shape index (κ1) is 16.2. The Labute approximate surface area is 118 Å². The molecule has 1 atom stereocenters. The first-order chi connectivity index (χ1) is 8.77. The van der Waals surface area contributed by atoms with Crippen molar-refractivity contribution in [3.63, 3.8) is 0 Å². The maximum Gasteiger partial charge on any atom is 0.240 e. The molecule has 0 saturated heterocycles. The normalized spacial score (nSPS) is 13.5. The Hall–Kier alpha value is -0.820. The van der Waals surface area contributed by atoms with Crippen molar-refractivity contribution in [2.75, 3.05) is 12.3 Å². The number of anilines is 1. The molecule has 0 spiro atoms. The molecule has 4 N–H and O–H groups in total. The van der Waals surface area contributed by atoms with Crippen LogP contribution in [0.5, 0.6) is 0 Å². The Morgan fingerprint density at radius 1 is 1.47 bits per heavy atom. The Kier molecular flexibility index (Phi) is 5.61. The quantitative estimate of drug-likeness (QED) is 0.697. The monoisotopic (exact) mass is 306 g/mol. The second-order valence-corrected chi connectivity index (χ2v) is 6.54. The maximum absolute atomic E-state index is 12.1. The number of nitrogens with one attached hydrogen (secondary N) is 1. The summed E-state index contributed by atoms with van der Waals surface area (Å²) in [6.07, 6.45) is 0.448. The van der Waals surface area contributed by atoms with Gasteiger partial charge in [0.1, 0.15) is 0 Å². The molecule has 5 nitrogen and oxygen atoms in total. The van der Waals surface area contributed by atoms with Gasteiger partial charge in [-0.1, -0.05) is 18.5 Å². The fourth-order valence-electron chi connectivity index (χ4n) is 1.60. The molecule has 0 fully saturated rings. The predicted molar refractivity (Wildman–Crippen MR) is 76.7 cm³/mol. The van der Waals surface area contributed by atoms with Crippen molar-refractivity contribution in [2.24, 2.45) is 0 Å². The van der Waals surface area contributed by atoms with Crippen LogP contribution >= 0.6 is 11.6 Å². The van der Waals surface area contributed by atoms with E-state index in [1.807, 2.05) is 6.92 Å². The molecular formula is C12H19ClN2O3S. The fraction of sp³-hybridized carbons (Fsp3) is 0.500. The lowest BCUT2D eigenvalue weighted by atomic mass is 10.2. The van der Waals surface area contributed by atoms with E-state index in [0.29, 0.717) is 24.1 Å². The van der Waals surface area contributed by atoms with Crippen LogP contribution in [-0.2, 0) is 10.0 Å². The van der Waals surface area contributed by atoms with Crippen molar-refractivity contribution in [3.05, 3.63) is 22.7 Å². The molecule has 19 heavy (non-hydrogen) atoms. The van der Waals surface area contributed by atoms with Gasteiger partial charge in [0.25, 0.3) is 0 Å². The van der Waals surface area contributed by atoms with Crippen LogP contribution in [0.1, 0.15) is 25.3 Å². The van der Waals surface area contributed by atoms with E-state index in [4.69, 9.17) is 17.3 Å². The van der Waals surface area contributed by atoms with Gasteiger partial charge >= 0.3 is 0 Å². The first-order valence-electron chi connectivity index (χ1n) is 6.01. The fourth-order valence-corrected chi connectivity index (χ4v) is 3.23. The summed E-state index contributed by atoms with van der Waals surface area (Å²) in [6.45, 7) is 3.63. The maximum atomic E-state index is 12.1. The van der Waals surface area contributed by atoms with Gasteiger partial charge in [-0.3, -0.25) is 0 Å². The van der Waals surface area contributed by atoms with Crippen molar-refractivity contribution in [1.82, 2.24) is 4.72 Å². The third-order valence-electron chi connectivity index (χ3n) is 2.90. The van der Waals surface area contributed by atoms with Crippen LogP contribution in [0, 0.1) is 6.92 Å². The lowest BCUT2D eigenvalue weighted by Crippen LogP contribution is -2.28. The van der Waals surface area contributed by atoms with Gasteiger partial charge in [0.15, 0.2) is 0 Å². The van der Waals surface area contributed by atoms with E-state index in [9.17, 15) is 13.5 Å². The van der Waals surface area contributed by atoms with Gasteiger partial charge in [-0.25, -0.2) is 13.1 Å². The molecule has 7 heteroatoms. The van der Waals surface area contributed by atoms with Crippen molar-refractivity contribution in [1.29, 1.82) is 0 Å². The number of nitrogen functional groups attached to an aromatic ring is 1. The van der Waals surface area contributed by atoms with Crippen LogP contribution in [0.25, 0.3) is 0 Å². The zero-order valence-corrected chi connectivity index (χ0v) is 12.6. The Bertz CT molecular complexity index is 546. The Balaban J connectivity index is 2.89. The number of halogens is 1. The average Bonchev–Trinajstić information content (AvgIpc) is 2.33. The highest BCUT2D eigenvalue weighted by Gasteiger charge is 2.19. The molecule has 0 aliphatic carbocycles. The second kappa shape index (κ2) is 6.56. The molecule has 1 rings (SSSR count). The van der Waals surface area contributed by atoms with Crippen LogP contribution in [0.15, 0.2) is 17.0 Å². The summed E-state index contributed by atoms with van der Waals surface area (Å²) in [5, 5.41) is 9.67. The number of hydrogen-bond donors (Lipinski definition) is 3. The summed E-state index contributed by atoms with van der Waals surface area (Å²) in [5.74, 6) is 0. The van der Waals surface area contributed by atoms with Crippen LogP contribution in [0.3, 0.4) is 0 Å². The number of rotatable bonds is 6. The summed E-state index contributed by atoms with van der Waals surface area (Å²) in [6, 6.07) is 2.88. The summed E-state index contributed by atoms with van der Waals surface area (Å²) >= 11 is 5.82. The Morgan fingerprint density at radius 3 is 2.68 bits per heavy atom. The van der Waals surface area contributed by atoms with Crippen molar-refractivity contribution >= 4 is 27.3 Å². The number of sulfonamides is 1. The van der Waals surface area contributed by atoms with E-state index in [2.05, 4.69) is 4.72 Å². The highest BCUT2D eigenvalue weighted by Crippen LogP contribution is 2.25. The molecule has 0 amide bonds. The molecule has 0 saturated carbocycles. The van der Waals surface area contributed by atoms with Crippen LogP contribution < -0.4 is 10.5 Å². The van der Waals surface area contributed by atoms with Crippen molar-refractivity contribution in [2.45, 2.75) is 37.7 Å². The molecule has 1 aromatic rings. The minimum Gasteiger partial charge on any atom is -0.398 e. The lowest BCUT2D eigenvalue weighted by Gasteiger charge is -2.13. The van der Waals surface area contributed by atoms with Crippen LogP contribution in [0.4, 0.5) is 5.69 Å². The first-order valence-corrected chi connectivity index (χ1v) is 7.87. The van der Waals surface area contributed by atoms with Crippen molar-refractivity contribution < 1.29 is 13.5 Å². The van der Waals surface area contributed by atoms with E-state index in [1.54, 1.807) is 6.92 Å². The number of aliphatic hydroxyl groups is 1. The zero-order chi connectivity index (χ0) is 14.6. The van der Waals surface area contributed by atoms with E-state index in [-0.39, 0.29) is 16.5 Å². The van der Waals surface area contributed by atoms with Gasteiger partial charge in [-0.05, 0) is 37.5 Å². The number of nitrogens with two attached hydrogens (primary N) is 1. The molecule has 1 unspecified atom stereocenters. The van der Waals surface area contributed by atoms with Crippen LogP contribution in [-0.4, -0.2) is 26.2 Å². The molecule has 0 heterocycles. The minimum absolute atomic E-state index is 0.0727. The van der Waals surface area contributed by atoms with Crippen molar-refractivity contribution in [3.8, 4) is 0 Å². The SMILES string of the molecule is CCC(O)CCNS(=O)(=O)c1cc(Cl)cc(N)c1C. The summed E-state index contributed by atoms with van der Waals surface area (Å²) in [5.41, 5.74) is 6.50. The molecule has 0 radical (unpaired) electrons. The molecule has 0 aliphatic rings. The third-order valence-corrected chi connectivity index (χ3v) is 4.70. The molecule has 1 aromatic carbocycles. The zero-order valence-electron chi connectivity index (χ0n) is 11.0. The van der Waals surface area contributed by atoms with Gasteiger partial charge in [0.05, 0.1) is 11.0 Å². The lowest BCUT2D eigenvalue weighted by molar-refractivity contribution is 0.162. The van der Waals surface area contributed by atoms with Gasteiger partial charge in [-0.15, -0.1) is 0 Å². The Morgan fingerprint density at radius 2 is 2.11 bits per heavy atom. The smallest absolute Gasteiger partial charge is 0.240 e. The predicted octanol–water partition coefficient (Wildman–Crippen LogP) is 1.67. The van der Waals surface area contributed by atoms with Crippen LogP contribution in [0.2, 0.25) is 5.02 Å². The third kappa shape index (κ3) is 4.35. The summed E-state index contributed by atoms with van der Waals surface area (Å²) < 4.78 is 26.7. The number of hydrogen-bond acceptors (Lipinski definition) is 4. The topological polar surface area (TPSA) is 92.4 Å². The van der Waals surface area contributed by atoms with E-state index >= 15 is 0 Å². The second-order valence-electron chi connectivity index (χ2n) is 4.37. The molecule has 0 aliphatic heterocycles. The van der Waals surface area contributed by atoms with Gasteiger partial charge < -0.3 is 10.8 Å². The average molecular weight is 307 g/mol. The number of aliphatic hydroxyl groups excluding tert-OH is 1. The summed E-state index contributed by atoms with van der Waals surface area (Å²) in [4.78, 5) is 0.0727. The summed E-state index contributed by atoms with van der Waals surface area (Å²) in [7, 11) is -3.67. The van der Waals surface area contributed by atoms with E-state index in [0.717, 1.165) is 0 Å². The van der Waals surface area contributed by atoms with E-state index < -0.39 is 16.1 Å². The molecule has 0 bridgehead atoms. The van der Waals surface area contributed by atoms with E-state index in [1.165, 1.54) is 12.1 Å². The highest BCUT2D eigenvalue weighted by molar-refractivity contribution is 7.89. The standard InChI is InChI=1S/C12H19ClN2O3S/c1-3-10(16)4-5-15-19(17,18)12-7-9(13)6-11(14)8(12)2/h6-7,10,15-16H,3-5,14H2,1-2H3. The molecule has 0 aromatic heterocycles. The number of benzene rings is 1. The molecular weight excluding hydrogens is 288 g/mol. The molecule has 108 valence electrons. The van der Waals surface area contributed by atoms with Gasteiger partial charge in [-0.2, -0.15) is 0 Å². The highest BCUT2D eigenvalue weighted by atomic mass is 35.5. The minimum atomic E-state index is -3.67. The largest absolute Gasteiger partial charge is 0.398 e.